The lowest BCUT2D eigenvalue weighted by Gasteiger charge is -2.27. The van der Waals surface area contributed by atoms with E-state index in [1.165, 1.54) is 4.90 Å². The molecule has 0 bridgehead atoms. The number of fused-ring (bicyclic) bond motifs is 2. The maximum atomic E-state index is 12.6. The molecule has 2 fully saturated rings. The van der Waals surface area contributed by atoms with E-state index in [1.54, 1.807) is 18.2 Å². The predicted molar refractivity (Wildman–Crippen MR) is 157 cm³/mol. The zero-order chi connectivity index (χ0) is 30.5. The molecule has 2 saturated heterocycles. The fourth-order valence-corrected chi connectivity index (χ4v) is 6.15. The molecule has 14 heteroatoms. The second kappa shape index (κ2) is 13.5. The van der Waals surface area contributed by atoms with Crippen LogP contribution in [0.25, 0.3) is 0 Å². The Balaban J connectivity index is 1.01. The van der Waals surface area contributed by atoms with Gasteiger partial charge in [0, 0.05) is 45.2 Å². The van der Waals surface area contributed by atoms with E-state index < -0.39 is 12.2 Å². The van der Waals surface area contributed by atoms with Gasteiger partial charge in [-0.25, -0.2) is 9.78 Å². The van der Waals surface area contributed by atoms with Crippen LogP contribution in [0.4, 0.5) is 16.4 Å². The number of carbonyl (C=O) groups is 3. The molecule has 3 unspecified atom stereocenters. The smallest absolute Gasteiger partial charge is 0.415 e. The summed E-state index contributed by atoms with van der Waals surface area (Å²) in [5.41, 5.74) is 2.17. The average Bonchev–Trinajstić information content (AvgIpc) is 3.58. The predicted octanol–water partition coefficient (Wildman–Crippen LogP) is 0.960. The molecule has 2 amide bonds. The van der Waals surface area contributed by atoms with Gasteiger partial charge in [0.25, 0.3) is 12.4 Å². The van der Waals surface area contributed by atoms with Crippen LogP contribution in [-0.2, 0) is 25.5 Å². The van der Waals surface area contributed by atoms with Crippen LogP contribution in [0.3, 0.4) is 0 Å². The summed E-state index contributed by atoms with van der Waals surface area (Å²) in [5.74, 6) is 1.26. The van der Waals surface area contributed by atoms with Gasteiger partial charge in [0.2, 0.25) is 0 Å². The van der Waals surface area contributed by atoms with E-state index in [-0.39, 0.29) is 30.4 Å². The quantitative estimate of drug-likeness (QED) is 0.232. The van der Waals surface area contributed by atoms with Gasteiger partial charge >= 0.3 is 6.09 Å². The van der Waals surface area contributed by atoms with Crippen molar-refractivity contribution in [3.05, 3.63) is 41.0 Å². The number of hydrogen-bond donors (Lipinski definition) is 3. The first-order valence-corrected chi connectivity index (χ1v) is 14.9. The molecule has 1 aromatic heterocycles. The zero-order valence-electron chi connectivity index (χ0n) is 24.3. The number of rotatable bonds is 12. The van der Waals surface area contributed by atoms with Gasteiger partial charge in [-0.3, -0.25) is 19.4 Å². The van der Waals surface area contributed by atoms with Crippen molar-refractivity contribution in [3.63, 3.8) is 0 Å². The molecule has 4 aliphatic rings. The van der Waals surface area contributed by atoms with Crippen molar-refractivity contribution >= 4 is 30.1 Å². The number of ether oxygens (including phenoxy) is 4. The summed E-state index contributed by atoms with van der Waals surface area (Å²) >= 11 is 0. The third-order valence-electron chi connectivity index (χ3n) is 8.36. The number of hydrogen-bond acceptors (Lipinski definition) is 12. The van der Waals surface area contributed by atoms with Crippen molar-refractivity contribution in [1.29, 1.82) is 5.26 Å². The SMILES string of the molecule is N#Cc1c(OCCN2CCNCC2)ccc2c1CC(CNCCC1CN(c3ccc4c(n3)NC(=O)CO4)C(=O)O1)C2OC=O. The molecule has 4 heterocycles. The maximum absolute atomic E-state index is 12.6. The number of nitrogens with zero attached hydrogens (tertiary/aromatic N) is 4. The van der Waals surface area contributed by atoms with Crippen LogP contribution in [0.5, 0.6) is 11.5 Å². The van der Waals surface area contributed by atoms with Crippen LogP contribution in [0.15, 0.2) is 24.3 Å². The highest BCUT2D eigenvalue weighted by Gasteiger charge is 2.37. The minimum Gasteiger partial charge on any atom is -0.491 e. The number of nitrogens with one attached hydrogen (secondary N) is 3. The summed E-state index contributed by atoms with van der Waals surface area (Å²) in [6, 6.07) is 9.32. The van der Waals surface area contributed by atoms with Crippen LogP contribution < -0.4 is 30.3 Å². The zero-order valence-corrected chi connectivity index (χ0v) is 24.3. The van der Waals surface area contributed by atoms with Gasteiger partial charge in [-0.2, -0.15) is 5.26 Å². The largest absolute Gasteiger partial charge is 0.491 e. The van der Waals surface area contributed by atoms with Crippen molar-refractivity contribution in [2.24, 2.45) is 5.92 Å². The number of carbonyl (C=O) groups excluding carboxylic acids is 3. The highest BCUT2D eigenvalue weighted by atomic mass is 16.6. The van der Waals surface area contributed by atoms with Gasteiger partial charge in [0.1, 0.15) is 36.5 Å². The molecule has 3 N–H and O–H groups in total. The monoisotopic (exact) mass is 605 g/mol. The summed E-state index contributed by atoms with van der Waals surface area (Å²) < 4.78 is 22.4. The van der Waals surface area contributed by atoms with Gasteiger partial charge < -0.3 is 34.9 Å². The van der Waals surface area contributed by atoms with Gasteiger partial charge in [0.15, 0.2) is 18.2 Å². The van der Waals surface area contributed by atoms with Crippen LogP contribution in [0.1, 0.15) is 29.2 Å². The molecule has 1 aliphatic carbocycles. The number of amides is 2. The van der Waals surface area contributed by atoms with Crippen LogP contribution in [0, 0.1) is 17.2 Å². The first kappa shape index (κ1) is 29.6. The lowest BCUT2D eigenvalue weighted by molar-refractivity contribution is -0.136. The van der Waals surface area contributed by atoms with Crippen molar-refractivity contribution in [2.45, 2.75) is 25.0 Å². The summed E-state index contributed by atoms with van der Waals surface area (Å²) in [4.78, 5) is 43.7. The van der Waals surface area contributed by atoms with E-state index in [1.807, 2.05) is 6.07 Å². The number of cyclic esters (lactones) is 1. The number of piperazine rings is 1. The molecule has 0 radical (unpaired) electrons. The third-order valence-corrected chi connectivity index (χ3v) is 8.36. The number of nitriles is 1. The molecule has 44 heavy (non-hydrogen) atoms. The minimum absolute atomic E-state index is 0.0712. The van der Waals surface area contributed by atoms with E-state index in [0.29, 0.717) is 68.4 Å². The van der Waals surface area contributed by atoms with E-state index in [9.17, 15) is 19.6 Å². The minimum atomic E-state index is -0.508. The van der Waals surface area contributed by atoms with Gasteiger partial charge in [-0.05, 0) is 48.7 Å². The molecule has 1 aromatic carbocycles. The fourth-order valence-electron chi connectivity index (χ4n) is 6.15. The second-order valence-corrected chi connectivity index (χ2v) is 11.1. The Morgan fingerprint density at radius 1 is 1.20 bits per heavy atom. The highest BCUT2D eigenvalue weighted by molar-refractivity contribution is 5.95. The molecule has 14 nitrogen and oxygen atoms in total. The van der Waals surface area contributed by atoms with Crippen molar-refractivity contribution in [1.82, 2.24) is 20.5 Å². The molecule has 3 aliphatic heterocycles. The Labute approximate surface area is 254 Å². The molecular weight excluding hydrogens is 570 g/mol. The number of anilines is 2. The van der Waals surface area contributed by atoms with Crippen molar-refractivity contribution in [2.75, 3.05) is 75.8 Å². The molecule has 0 spiro atoms. The Morgan fingerprint density at radius 2 is 2.07 bits per heavy atom. The molecule has 0 saturated carbocycles. The van der Waals surface area contributed by atoms with E-state index in [2.05, 4.69) is 31.9 Å². The highest BCUT2D eigenvalue weighted by Crippen LogP contribution is 2.42. The third kappa shape index (κ3) is 6.40. The van der Waals surface area contributed by atoms with Gasteiger partial charge in [0.05, 0.1) is 12.1 Å². The standard InChI is InChI=1S/C30H35N7O7/c31-14-23-22-13-19(28(43-18-38)21(22)1-2-24(23)41-12-11-36-9-7-32-8-10-36)15-33-6-5-20-16-37(30(40)44-20)26-4-3-25-29(34-26)35-27(39)17-42-25/h1-4,18-20,28,32-33H,5-13,15-17H2,(H,34,35,39). The molecule has 3 atom stereocenters. The first-order chi connectivity index (χ1) is 21.5. The van der Waals surface area contributed by atoms with Crippen LogP contribution in [-0.4, -0.2) is 100 Å². The number of benzene rings is 1. The van der Waals surface area contributed by atoms with Crippen molar-refractivity contribution < 1.29 is 33.3 Å². The number of pyridine rings is 1. The topological polar surface area (TPSA) is 167 Å². The lowest BCUT2D eigenvalue weighted by atomic mass is 10.0. The summed E-state index contributed by atoms with van der Waals surface area (Å²) in [6.45, 7) is 6.94. The Hall–Kier alpha value is -4.45. The van der Waals surface area contributed by atoms with E-state index >= 15 is 0 Å². The Morgan fingerprint density at radius 3 is 2.89 bits per heavy atom. The number of aromatic nitrogens is 1. The Bertz CT molecular complexity index is 1440. The second-order valence-electron chi connectivity index (χ2n) is 11.1. The van der Waals surface area contributed by atoms with Gasteiger partial charge in [-0.15, -0.1) is 0 Å². The van der Waals surface area contributed by atoms with Crippen LogP contribution in [0.2, 0.25) is 0 Å². The molecule has 6 rings (SSSR count). The van der Waals surface area contributed by atoms with E-state index in [4.69, 9.17) is 18.9 Å². The average molecular weight is 606 g/mol. The molecular formula is C30H35N7O7. The Kier molecular flexibility index (Phi) is 9.06. The van der Waals surface area contributed by atoms with Crippen LogP contribution >= 0.6 is 0 Å². The first-order valence-electron chi connectivity index (χ1n) is 14.9. The van der Waals surface area contributed by atoms with E-state index in [0.717, 1.165) is 43.9 Å². The maximum Gasteiger partial charge on any atom is 0.415 e. The lowest BCUT2D eigenvalue weighted by Crippen LogP contribution is -2.44. The van der Waals surface area contributed by atoms with Crippen molar-refractivity contribution in [3.8, 4) is 17.6 Å². The summed E-state index contributed by atoms with van der Waals surface area (Å²) in [7, 11) is 0. The molecule has 232 valence electrons. The molecule has 2 aromatic rings. The van der Waals surface area contributed by atoms with Gasteiger partial charge in [-0.1, -0.05) is 6.07 Å². The normalized spacial score (nSPS) is 22.7. The summed E-state index contributed by atoms with van der Waals surface area (Å²) in [5, 5.41) is 19.4. The summed E-state index contributed by atoms with van der Waals surface area (Å²) in [6.07, 6.45) is -0.217. The fraction of sp³-hybridized carbons (Fsp3) is 0.500.